The Morgan fingerprint density at radius 3 is 1.97 bits per heavy atom. The van der Waals surface area contributed by atoms with Crippen LogP contribution in [0.4, 0.5) is 11.4 Å². The highest BCUT2D eigenvalue weighted by Gasteiger charge is 2.40. The number of fused-ring (bicyclic) bond motifs is 8. The molecule has 1 N–H and O–H groups in total. The number of aryl methyl sites for hydroxylation is 1. The first-order valence-corrected chi connectivity index (χ1v) is 24.0. The lowest BCUT2D eigenvalue weighted by Gasteiger charge is -2.30. The molecule has 12 rings (SSSR count). The minimum Gasteiger partial charge on any atom is -0.456 e. The van der Waals surface area contributed by atoms with E-state index in [9.17, 15) is 0 Å². The third-order valence-corrected chi connectivity index (χ3v) is 14.6. The van der Waals surface area contributed by atoms with Crippen LogP contribution < -0.4 is 5.32 Å². The van der Waals surface area contributed by atoms with Gasteiger partial charge in [0.2, 0.25) is 0 Å². The van der Waals surface area contributed by atoms with Gasteiger partial charge in [-0.25, -0.2) is 0 Å². The smallest absolute Gasteiger partial charge is 0.138 e. The topological polar surface area (TPSA) is 25.2 Å². The van der Waals surface area contributed by atoms with Crippen LogP contribution in [0.5, 0.6) is 0 Å². The molecule has 0 spiro atoms. The van der Waals surface area contributed by atoms with Crippen LogP contribution in [0.1, 0.15) is 124 Å². The Bertz CT molecular complexity index is 3100. The van der Waals surface area contributed by atoms with Gasteiger partial charge in [-0.15, -0.1) is 0 Å². The number of rotatable bonds is 5. The Kier molecular flexibility index (Phi) is 11.1. The van der Waals surface area contributed by atoms with Crippen molar-refractivity contribution < 1.29 is 4.42 Å². The predicted octanol–water partition coefficient (Wildman–Crippen LogP) is 17.5. The number of allylic oxidation sites excluding steroid dienone is 9. The number of anilines is 2. The van der Waals surface area contributed by atoms with Gasteiger partial charge in [0.1, 0.15) is 11.3 Å². The number of nitrogens with one attached hydrogen (secondary N) is 1. The molecule has 0 saturated heterocycles. The maximum absolute atomic E-state index is 6.32. The summed E-state index contributed by atoms with van der Waals surface area (Å²) in [7, 11) is 0. The summed E-state index contributed by atoms with van der Waals surface area (Å²) < 4.78 is 6.32. The SMILES string of the molecule is CC.CC1(C)c2ccccc2-c2ccc(C3=CCCc4c3oc3ccccc43)cc21.CC1CC=CC2=C1C(C)(C)c1cc(Nc3ccc(C4=CC=C(c5ccccc5)CC4)cc3)ccc12. The van der Waals surface area contributed by atoms with Crippen LogP contribution in [0.15, 0.2) is 180 Å². The van der Waals surface area contributed by atoms with Crippen molar-refractivity contribution in [3.8, 4) is 11.1 Å². The quantitative estimate of drug-likeness (QED) is 0.187. The zero-order valence-electron chi connectivity index (χ0n) is 39.2. The van der Waals surface area contributed by atoms with Gasteiger partial charge in [-0.2, -0.15) is 0 Å². The molecule has 2 nitrogen and oxygen atoms in total. The van der Waals surface area contributed by atoms with Crippen LogP contribution in [0.2, 0.25) is 0 Å². The third kappa shape index (κ3) is 7.47. The van der Waals surface area contributed by atoms with Gasteiger partial charge in [-0.1, -0.05) is 182 Å². The van der Waals surface area contributed by atoms with Crippen molar-refractivity contribution in [1.29, 1.82) is 0 Å². The van der Waals surface area contributed by atoms with Crippen molar-refractivity contribution in [1.82, 2.24) is 0 Å². The molecular formula is C63H61NO. The van der Waals surface area contributed by atoms with E-state index in [0.29, 0.717) is 5.92 Å². The third-order valence-electron chi connectivity index (χ3n) is 14.6. The predicted molar refractivity (Wildman–Crippen MR) is 278 cm³/mol. The van der Waals surface area contributed by atoms with E-state index in [4.69, 9.17) is 4.42 Å². The summed E-state index contributed by atoms with van der Waals surface area (Å²) in [5.41, 5.74) is 24.2. The van der Waals surface area contributed by atoms with Gasteiger partial charge in [0, 0.05) is 38.7 Å². The molecule has 1 aromatic heterocycles. The summed E-state index contributed by atoms with van der Waals surface area (Å²) >= 11 is 0. The van der Waals surface area contributed by atoms with Gasteiger partial charge in [-0.3, -0.25) is 0 Å². The van der Waals surface area contributed by atoms with Crippen molar-refractivity contribution in [2.24, 2.45) is 5.92 Å². The standard InChI is InChI=1S/C34H33N.C27H22O.C2H6/c1-23-8-7-11-31-30-21-20-29(22-32(30)34(2,3)33(23)31)35-28-18-16-27(17-19-28)26-14-12-25(13-15-26)24-9-5-4-6-10-24;1-27(2)23-12-5-3-8-19(23)20-15-14-17(16-24(20)27)18-10-7-11-22-21-9-4-6-13-25(21)28-26(18)22;1-2/h4-7,9-12,14,16-23,35H,8,13,15H2,1-3H3;3-6,8-10,12-16H,7,11H2,1-2H3;1-2H3. The summed E-state index contributed by atoms with van der Waals surface area (Å²) in [4.78, 5) is 0. The van der Waals surface area contributed by atoms with Crippen molar-refractivity contribution in [2.45, 2.75) is 91.4 Å². The molecule has 0 bridgehead atoms. The average Bonchev–Trinajstić information content (AvgIpc) is 3.93. The second-order valence-electron chi connectivity index (χ2n) is 19.2. The van der Waals surface area contributed by atoms with Crippen LogP contribution in [0.3, 0.4) is 0 Å². The largest absolute Gasteiger partial charge is 0.456 e. The average molecular weight is 848 g/mol. The summed E-state index contributed by atoms with van der Waals surface area (Å²) in [5, 5.41) is 4.92. The molecule has 1 heterocycles. The van der Waals surface area contributed by atoms with Crippen molar-refractivity contribution in [3.05, 3.63) is 226 Å². The number of hydrogen-bond acceptors (Lipinski definition) is 2. The second kappa shape index (κ2) is 17.1. The highest BCUT2D eigenvalue weighted by atomic mass is 16.3. The van der Waals surface area contributed by atoms with E-state index in [0.717, 1.165) is 54.8 Å². The van der Waals surface area contributed by atoms with Crippen LogP contribution in [-0.4, -0.2) is 0 Å². The Labute approximate surface area is 386 Å². The van der Waals surface area contributed by atoms with E-state index in [1.54, 1.807) is 5.57 Å². The summed E-state index contributed by atoms with van der Waals surface area (Å²) in [6, 6.07) is 50.7. The Morgan fingerprint density at radius 1 is 0.569 bits per heavy atom. The van der Waals surface area contributed by atoms with Crippen molar-refractivity contribution in [3.63, 3.8) is 0 Å². The van der Waals surface area contributed by atoms with Crippen molar-refractivity contribution >= 4 is 44.6 Å². The van der Waals surface area contributed by atoms with Crippen LogP contribution in [-0.2, 0) is 17.3 Å². The molecule has 0 aliphatic heterocycles. The molecule has 324 valence electrons. The highest BCUT2D eigenvalue weighted by molar-refractivity contribution is 5.93. The van der Waals surface area contributed by atoms with Crippen molar-refractivity contribution in [2.75, 3.05) is 5.32 Å². The minimum absolute atomic E-state index is 0.0217. The summed E-state index contributed by atoms with van der Waals surface area (Å²) in [6.45, 7) is 15.8. The molecule has 5 aliphatic carbocycles. The maximum atomic E-state index is 6.32. The lowest BCUT2D eigenvalue weighted by atomic mass is 9.74. The maximum Gasteiger partial charge on any atom is 0.138 e. The van der Waals surface area contributed by atoms with Crippen LogP contribution in [0, 0.1) is 5.92 Å². The lowest BCUT2D eigenvalue weighted by Crippen LogP contribution is -2.22. The molecule has 0 fully saturated rings. The Hall–Kier alpha value is -6.64. The molecule has 5 aliphatic rings. The molecule has 6 aromatic carbocycles. The van der Waals surface area contributed by atoms with Gasteiger partial charge >= 0.3 is 0 Å². The zero-order chi connectivity index (χ0) is 44.9. The molecule has 65 heavy (non-hydrogen) atoms. The molecule has 2 heteroatoms. The van der Waals surface area contributed by atoms with Gasteiger partial charge in [-0.05, 0) is 147 Å². The Balaban J connectivity index is 0.000000151. The number of furan rings is 1. The van der Waals surface area contributed by atoms with Gasteiger partial charge in [0.15, 0.2) is 0 Å². The molecule has 1 atom stereocenters. The highest BCUT2D eigenvalue weighted by Crippen LogP contribution is 2.53. The van der Waals surface area contributed by atoms with Crippen LogP contribution in [0.25, 0.3) is 44.4 Å². The lowest BCUT2D eigenvalue weighted by molar-refractivity contribution is 0.530. The van der Waals surface area contributed by atoms with E-state index < -0.39 is 0 Å². The number of benzene rings is 6. The fraction of sp³-hybridized carbons (Fsp3) is 0.238. The molecule has 0 amide bonds. The van der Waals surface area contributed by atoms with Gasteiger partial charge in [0.05, 0.1) is 0 Å². The molecule has 1 unspecified atom stereocenters. The molecule has 0 saturated carbocycles. The fourth-order valence-corrected chi connectivity index (χ4v) is 11.4. The molecule has 0 radical (unpaired) electrons. The normalized spacial score (nSPS) is 18.0. The minimum atomic E-state index is 0.0217. The Morgan fingerprint density at radius 2 is 1.20 bits per heavy atom. The van der Waals surface area contributed by atoms with E-state index in [2.05, 4.69) is 210 Å². The van der Waals surface area contributed by atoms with E-state index in [-0.39, 0.29) is 10.8 Å². The first-order valence-electron chi connectivity index (χ1n) is 24.0. The first-order chi connectivity index (χ1) is 31.6. The van der Waals surface area contributed by atoms with Gasteiger partial charge < -0.3 is 9.73 Å². The molecule has 7 aromatic rings. The fourth-order valence-electron chi connectivity index (χ4n) is 11.4. The zero-order valence-corrected chi connectivity index (χ0v) is 39.2. The summed E-state index contributed by atoms with van der Waals surface area (Å²) in [5.74, 6) is 1.66. The number of hydrogen-bond donors (Lipinski definition) is 1. The number of para-hydroxylation sites is 1. The van der Waals surface area contributed by atoms with E-state index >= 15 is 0 Å². The van der Waals surface area contributed by atoms with Gasteiger partial charge in [0.25, 0.3) is 0 Å². The summed E-state index contributed by atoms with van der Waals surface area (Å²) in [6.07, 6.45) is 17.0. The van der Waals surface area contributed by atoms with Crippen LogP contribution >= 0.6 is 0 Å². The second-order valence-corrected chi connectivity index (χ2v) is 19.2. The van der Waals surface area contributed by atoms with E-state index in [1.807, 2.05) is 13.8 Å². The monoisotopic (exact) mass is 847 g/mol. The first kappa shape index (κ1) is 42.3. The van der Waals surface area contributed by atoms with E-state index in [1.165, 1.54) is 83.3 Å². The molecular weight excluding hydrogens is 787 g/mol.